The number of aromatic nitrogens is 1. The average molecular weight is 329 g/mol. The van der Waals surface area contributed by atoms with Gasteiger partial charge in [-0.2, -0.15) is 11.8 Å². The van der Waals surface area contributed by atoms with E-state index in [0.29, 0.717) is 22.9 Å². The summed E-state index contributed by atoms with van der Waals surface area (Å²) in [6.07, 6.45) is 2.03. The topological polar surface area (TPSA) is 80.3 Å². The summed E-state index contributed by atoms with van der Waals surface area (Å²) in [5.41, 5.74) is 1.72. The van der Waals surface area contributed by atoms with Gasteiger partial charge in [-0.05, 0) is 36.1 Å². The molecule has 1 aromatic heterocycles. The summed E-state index contributed by atoms with van der Waals surface area (Å²) >= 11 is 1.73. The standard InChI is InChI=1S/C16H15N3O3S/c1-23-9-10-2-4-11(5-3-10)16(21)18-13-7-6-12-15(17-13)19-14(20)8-22-12/h2-7H,8-9H2,1H3,(H2,17,18,19,20,21). The van der Waals surface area contributed by atoms with Crippen molar-refractivity contribution in [2.75, 3.05) is 23.5 Å². The van der Waals surface area contributed by atoms with Gasteiger partial charge in [-0.15, -0.1) is 0 Å². The molecule has 0 aliphatic carbocycles. The molecule has 6 nitrogen and oxygen atoms in total. The molecule has 2 N–H and O–H groups in total. The Morgan fingerprint density at radius 2 is 2.09 bits per heavy atom. The monoisotopic (exact) mass is 329 g/mol. The van der Waals surface area contributed by atoms with Crippen LogP contribution in [-0.4, -0.2) is 29.7 Å². The number of nitrogens with one attached hydrogen (secondary N) is 2. The van der Waals surface area contributed by atoms with E-state index in [0.717, 1.165) is 5.75 Å². The maximum absolute atomic E-state index is 12.2. The molecule has 2 heterocycles. The van der Waals surface area contributed by atoms with Gasteiger partial charge in [0, 0.05) is 11.3 Å². The molecule has 23 heavy (non-hydrogen) atoms. The number of rotatable bonds is 4. The number of carbonyl (C=O) groups is 2. The van der Waals surface area contributed by atoms with Gasteiger partial charge in [0.25, 0.3) is 11.8 Å². The van der Waals surface area contributed by atoms with E-state index >= 15 is 0 Å². The first-order valence-corrected chi connectivity index (χ1v) is 8.38. The van der Waals surface area contributed by atoms with Crippen LogP contribution in [0, 0.1) is 0 Å². The molecule has 0 unspecified atom stereocenters. The number of benzene rings is 1. The minimum Gasteiger partial charge on any atom is -0.480 e. The van der Waals surface area contributed by atoms with Crippen LogP contribution in [0.4, 0.5) is 11.6 Å². The lowest BCUT2D eigenvalue weighted by Crippen LogP contribution is -2.26. The Balaban J connectivity index is 1.72. The lowest BCUT2D eigenvalue weighted by Gasteiger charge is -2.17. The fraction of sp³-hybridized carbons (Fsp3) is 0.188. The molecular formula is C16H15N3O3S. The summed E-state index contributed by atoms with van der Waals surface area (Å²) in [6, 6.07) is 10.7. The summed E-state index contributed by atoms with van der Waals surface area (Å²) in [6.45, 7) is -0.0250. The number of fused-ring (bicyclic) bond motifs is 1. The molecule has 0 fully saturated rings. The first kappa shape index (κ1) is 15.4. The first-order valence-electron chi connectivity index (χ1n) is 6.98. The van der Waals surface area contributed by atoms with Crippen LogP contribution >= 0.6 is 11.8 Å². The van der Waals surface area contributed by atoms with Crippen LogP contribution in [0.3, 0.4) is 0 Å². The van der Waals surface area contributed by atoms with Gasteiger partial charge in [0.05, 0.1) is 0 Å². The van der Waals surface area contributed by atoms with Crippen LogP contribution in [0.15, 0.2) is 36.4 Å². The Hall–Kier alpha value is -2.54. The van der Waals surface area contributed by atoms with Crippen molar-refractivity contribution < 1.29 is 14.3 Å². The minimum absolute atomic E-state index is 0.0250. The van der Waals surface area contributed by atoms with E-state index in [9.17, 15) is 9.59 Å². The van der Waals surface area contributed by atoms with E-state index in [4.69, 9.17) is 4.74 Å². The predicted molar refractivity (Wildman–Crippen MR) is 90.0 cm³/mol. The molecule has 1 aromatic carbocycles. The van der Waals surface area contributed by atoms with E-state index < -0.39 is 0 Å². The van der Waals surface area contributed by atoms with Crippen LogP contribution in [0.2, 0.25) is 0 Å². The number of thioether (sulfide) groups is 1. The number of pyridine rings is 1. The number of carbonyl (C=O) groups excluding carboxylic acids is 2. The Labute approximate surface area is 137 Å². The van der Waals surface area contributed by atoms with Crippen molar-refractivity contribution in [1.29, 1.82) is 0 Å². The molecule has 0 saturated heterocycles. The van der Waals surface area contributed by atoms with Gasteiger partial charge < -0.3 is 15.4 Å². The zero-order chi connectivity index (χ0) is 16.2. The van der Waals surface area contributed by atoms with Gasteiger partial charge >= 0.3 is 0 Å². The second kappa shape index (κ2) is 6.70. The fourth-order valence-corrected chi connectivity index (χ4v) is 2.67. The number of ether oxygens (including phenoxy) is 1. The highest BCUT2D eigenvalue weighted by atomic mass is 32.2. The lowest BCUT2D eigenvalue weighted by atomic mass is 10.1. The molecule has 0 saturated carbocycles. The average Bonchev–Trinajstić information content (AvgIpc) is 2.55. The summed E-state index contributed by atoms with van der Waals surface area (Å²) in [5.74, 6) is 1.55. The molecule has 0 radical (unpaired) electrons. The summed E-state index contributed by atoms with van der Waals surface area (Å²) < 4.78 is 5.23. The Morgan fingerprint density at radius 1 is 1.30 bits per heavy atom. The largest absolute Gasteiger partial charge is 0.480 e. The number of hydrogen-bond acceptors (Lipinski definition) is 5. The molecule has 0 bridgehead atoms. The smallest absolute Gasteiger partial charge is 0.263 e. The van der Waals surface area contributed by atoms with Crippen LogP contribution in [0.5, 0.6) is 5.75 Å². The number of anilines is 2. The highest BCUT2D eigenvalue weighted by Gasteiger charge is 2.18. The van der Waals surface area contributed by atoms with E-state index in [1.165, 1.54) is 5.56 Å². The van der Waals surface area contributed by atoms with Crippen molar-refractivity contribution in [3.8, 4) is 5.75 Å². The van der Waals surface area contributed by atoms with E-state index in [1.807, 2.05) is 18.4 Å². The minimum atomic E-state index is -0.266. The highest BCUT2D eigenvalue weighted by Crippen LogP contribution is 2.27. The van der Waals surface area contributed by atoms with Gasteiger partial charge in [0.1, 0.15) is 5.82 Å². The van der Waals surface area contributed by atoms with E-state index in [-0.39, 0.29) is 18.4 Å². The third kappa shape index (κ3) is 3.62. The van der Waals surface area contributed by atoms with E-state index in [1.54, 1.807) is 36.0 Å². The lowest BCUT2D eigenvalue weighted by molar-refractivity contribution is -0.118. The van der Waals surface area contributed by atoms with Gasteiger partial charge in [-0.25, -0.2) is 4.98 Å². The summed E-state index contributed by atoms with van der Waals surface area (Å²) in [5, 5.41) is 5.32. The van der Waals surface area contributed by atoms with Crippen molar-refractivity contribution in [3.63, 3.8) is 0 Å². The van der Waals surface area contributed by atoms with Crippen LogP contribution in [0.25, 0.3) is 0 Å². The quantitative estimate of drug-likeness (QED) is 0.901. The number of hydrogen-bond donors (Lipinski definition) is 2. The molecule has 2 amide bonds. The van der Waals surface area contributed by atoms with Crippen LogP contribution in [0.1, 0.15) is 15.9 Å². The van der Waals surface area contributed by atoms with Crippen LogP contribution < -0.4 is 15.4 Å². The summed E-state index contributed by atoms with van der Waals surface area (Å²) in [7, 11) is 0. The second-order valence-electron chi connectivity index (χ2n) is 4.96. The number of amides is 2. The molecule has 1 aliphatic heterocycles. The normalized spacial score (nSPS) is 12.8. The maximum Gasteiger partial charge on any atom is 0.263 e. The zero-order valence-corrected chi connectivity index (χ0v) is 13.3. The van der Waals surface area contributed by atoms with Gasteiger partial charge in [0.15, 0.2) is 18.2 Å². The molecular weight excluding hydrogens is 314 g/mol. The SMILES string of the molecule is CSCc1ccc(C(=O)Nc2ccc3c(n2)NC(=O)CO3)cc1. The highest BCUT2D eigenvalue weighted by molar-refractivity contribution is 7.97. The van der Waals surface area contributed by atoms with Crippen molar-refractivity contribution in [2.45, 2.75) is 5.75 Å². The van der Waals surface area contributed by atoms with Crippen molar-refractivity contribution >= 4 is 35.2 Å². The van der Waals surface area contributed by atoms with Gasteiger partial charge in [-0.3, -0.25) is 9.59 Å². The third-order valence-corrected chi connectivity index (χ3v) is 3.87. The molecule has 1 aliphatic rings. The van der Waals surface area contributed by atoms with Gasteiger partial charge in [-0.1, -0.05) is 12.1 Å². The zero-order valence-electron chi connectivity index (χ0n) is 12.5. The first-order chi connectivity index (χ1) is 11.2. The number of nitrogens with zero attached hydrogens (tertiary/aromatic N) is 1. The van der Waals surface area contributed by atoms with Crippen LogP contribution in [-0.2, 0) is 10.5 Å². The van der Waals surface area contributed by atoms with Crippen molar-refractivity contribution in [2.24, 2.45) is 0 Å². The molecule has 2 aromatic rings. The molecule has 3 rings (SSSR count). The Bertz CT molecular complexity index is 747. The Morgan fingerprint density at radius 3 is 2.83 bits per heavy atom. The molecule has 0 spiro atoms. The van der Waals surface area contributed by atoms with Crippen molar-refractivity contribution in [3.05, 3.63) is 47.5 Å². The second-order valence-corrected chi connectivity index (χ2v) is 5.83. The molecule has 118 valence electrons. The molecule has 7 heteroatoms. The fourth-order valence-electron chi connectivity index (χ4n) is 2.14. The molecule has 0 atom stereocenters. The van der Waals surface area contributed by atoms with Gasteiger partial charge in [0.2, 0.25) is 0 Å². The third-order valence-electron chi connectivity index (χ3n) is 3.24. The predicted octanol–water partition coefficient (Wildman–Crippen LogP) is 2.53. The van der Waals surface area contributed by atoms with Crippen molar-refractivity contribution in [1.82, 2.24) is 4.98 Å². The van der Waals surface area contributed by atoms with E-state index in [2.05, 4.69) is 15.6 Å². The maximum atomic E-state index is 12.2. The Kier molecular flexibility index (Phi) is 4.47. The summed E-state index contributed by atoms with van der Waals surface area (Å²) in [4.78, 5) is 27.7.